The Kier molecular flexibility index (Phi) is 11.0. The summed E-state index contributed by atoms with van der Waals surface area (Å²) in [6, 6.07) is 6.18. The van der Waals surface area contributed by atoms with Crippen LogP contribution >= 0.6 is 20.8 Å². The van der Waals surface area contributed by atoms with Gasteiger partial charge in [-0.05, 0) is 19.4 Å². The summed E-state index contributed by atoms with van der Waals surface area (Å²) in [5.74, 6) is -0.972. The van der Waals surface area contributed by atoms with Gasteiger partial charge >= 0.3 is 0 Å². The summed E-state index contributed by atoms with van der Waals surface area (Å²) in [5.41, 5.74) is -0.835. The number of rotatable bonds is 6. The van der Waals surface area contributed by atoms with E-state index >= 15 is 0 Å². The van der Waals surface area contributed by atoms with Crippen molar-refractivity contribution in [2.24, 2.45) is 0 Å². The normalized spacial score (nSPS) is 21.1. The number of pyridine rings is 1. The second-order valence-corrected chi connectivity index (χ2v) is 8.69. The van der Waals surface area contributed by atoms with Crippen molar-refractivity contribution in [1.82, 2.24) is 15.6 Å². The van der Waals surface area contributed by atoms with Crippen molar-refractivity contribution in [2.75, 3.05) is 18.1 Å². The first-order valence-electron chi connectivity index (χ1n) is 11.1. The van der Waals surface area contributed by atoms with Crippen LogP contribution < -0.4 is 15.5 Å². The number of hydrogen-bond acceptors (Lipinski definition) is 4. The van der Waals surface area contributed by atoms with Gasteiger partial charge in [0, 0.05) is 48.5 Å². The van der Waals surface area contributed by atoms with Gasteiger partial charge in [0.1, 0.15) is 17.5 Å². The van der Waals surface area contributed by atoms with E-state index in [2.05, 4.69) is 24.9 Å². The molecule has 1 saturated carbocycles. The van der Waals surface area contributed by atoms with Crippen LogP contribution in [0.3, 0.4) is 0 Å². The topological polar surface area (TPSA) is 91.4 Å². The van der Waals surface area contributed by atoms with Crippen molar-refractivity contribution in [3.8, 4) is 0 Å². The molecule has 1 aliphatic carbocycles. The second-order valence-electron chi connectivity index (χ2n) is 8.28. The van der Waals surface area contributed by atoms with E-state index in [1.54, 1.807) is 24.3 Å². The van der Waals surface area contributed by atoms with E-state index in [-0.39, 0.29) is 35.5 Å². The third-order valence-electron chi connectivity index (χ3n) is 5.42. The van der Waals surface area contributed by atoms with Gasteiger partial charge in [0.05, 0.1) is 18.1 Å². The zero-order valence-electron chi connectivity index (χ0n) is 19.6. The highest BCUT2D eigenvalue weighted by Gasteiger charge is 2.42. The van der Waals surface area contributed by atoms with Crippen LogP contribution in [0.15, 0.2) is 42.7 Å². The van der Waals surface area contributed by atoms with E-state index in [0.717, 1.165) is 36.5 Å². The average molecular weight is 527 g/mol. The molecule has 3 amide bonds. The van der Waals surface area contributed by atoms with Gasteiger partial charge in [-0.3, -0.25) is 24.3 Å². The highest BCUT2D eigenvalue weighted by Crippen LogP contribution is 2.37. The largest absolute Gasteiger partial charge is 0.356 e. The van der Waals surface area contributed by atoms with Crippen molar-refractivity contribution in [3.05, 3.63) is 59.1 Å². The van der Waals surface area contributed by atoms with Crippen LogP contribution in [0.4, 0.5) is 14.5 Å². The predicted octanol–water partition coefficient (Wildman–Crippen LogP) is 3.97. The van der Waals surface area contributed by atoms with Crippen LogP contribution in [-0.2, 0) is 14.4 Å². The van der Waals surface area contributed by atoms with Crippen LogP contribution in [0, 0.1) is 5.82 Å². The Labute approximate surface area is 211 Å². The van der Waals surface area contributed by atoms with Gasteiger partial charge in [0.2, 0.25) is 18.2 Å². The molecule has 11 heteroatoms. The molecule has 4 rings (SSSR count). The number of anilines is 1. The molecule has 0 bridgehead atoms. The Morgan fingerprint density at radius 3 is 2.51 bits per heavy atom. The maximum Gasteiger partial charge on any atom is 0.248 e. The fourth-order valence-electron chi connectivity index (χ4n) is 3.84. The molecule has 0 spiro atoms. The minimum atomic E-state index is -1.31. The first-order chi connectivity index (χ1) is 16.7. The van der Waals surface area contributed by atoms with E-state index in [1.165, 1.54) is 13.1 Å². The molecule has 190 valence electrons. The van der Waals surface area contributed by atoms with E-state index in [1.807, 2.05) is 6.66 Å². The Morgan fingerprint density at radius 1 is 1.34 bits per heavy atom. The van der Waals surface area contributed by atoms with Gasteiger partial charge in [-0.25, -0.2) is 8.78 Å². The molecule has 2 atom stereocenters. The zero-order chi connectivity index (χ0) is 26.0. The summed E-state index contributed by atoms with van der Waals surface area (Å²) in [4.78, 5) is 39.7. The summed E-state index contributed by atoms with van der Waals surface area (Å²) in [6.45, 7) is 4.27. The Bertz CT molecular complexity index is 1010. The lowest BCUT2D eigenvalue weighted by atomic mass is 9.78. The highest BCUT2D eigenvalue weighted by atomic mass is 35.5. The quantitative estimate of drug-likeness (QED) is 0.440. The number of halogens is 3. The number of hydrogen-bond donors (Lipinski definition) is 2. The predicted molar refractivity (Wildman–Crippen MR) is 135 cm³/mol. The minimum Gasteiger partial charge on any atom is -0.356 e. The van der Waals surface area contributed by atoms with Crippen molar-refractivity contribution in [3.63, 3.8) is 0 Å². The molecule has 7 nitrogen and oxygen atoms in total. The summed E-state index contributed by atoms with van der Waals surface area (Å²) in [6.07, 6.45) is 4.83. The Hall–Kier alpha value is -2.64. The third-order valence-corrected chi connectivity index (χ3v) is 5.77. The SMILES string of the molecule is CC1(F)CC(NC(=O)[C@@H](c2ccccc2Cl)N(C=O)c2cncc(F)c2)C1.CP.O=C1CCCN1. The fourth-order valence-corrected chi connectivity index (χ4v) is 4.08. The second kappa shape index (κ2) is 13.4. The van der Waals surface area contributed by atoms with Crippen LogP contribution in [0.1, 0.15) is 44.2 Å². The minimum absolute atomic E-state index is 0.106. The first kappa shape index (κ1) is 28.6. The van der Waals surface area contributed by atoms with Crippen molar-refractivity contribution < 1.29 is 23.2 Å². The standard InChI is InChI=1S/C19H18ClF2N3O2.C4H7NO.CH5P/c1-19(22)7-13(8-19)24-18(27)17(15-4-2-3-5-16(15)20)25(11-26)14-6-12(21)9-23-10-14;6-4-2-1-3-5-4;1-2/h2-6,9-11,13,17H,7-8H2,1H3,(H,24,27);1-3H2,(H,5,6);2H2,1H3/t13?,17-,19?;;/m1../s1. The molecular formula is C24H30ClF2N4O3P. The van der Waals surface area contributed by atoms with Crippen LogP contribution in [0.5, 0.6) is 0 Å². The molecule has 2 N–H and O–H groups in total. The number of aromatic nitrogens is 1. The molecule has 2 aromatic rings. The van der Waals surface area contributed by atoms with E-state index in [4.69, 9.17) is 11.6 Å². The summed E-state index contributed by atoms with van der Waals surface area (Å²) in [7, 11) is 2.42. The molecule has 1 aliphatic heterocycles. The van der Waals surface area contributed by atoms with Crippen LogP contribution in [0.2, 0.25) is 5.02 Å². The van der Waals surface area contributed by atoms with Gasteiger partial charge in [0.15, 0.2) is 0 Å². The maximum absolute atomic E-state index is 13.7. The molecule has 1 aromatic carbocycles. The number of nitrogens with zero attached hydrogens (tertiary/aromatic N) is 2. The molecule has 1 unspecified atom stereocenters. The Morgan fingerprint density at radius 2 is 2.03 bits per heavy atom. The van der Waals surface area contributed by atoms with Crippen LogP contribution in [0.25, 0.3) is 0 Å². The average Bonchev–Trinajstić information content (AvgIpc) is 3.29. The van der Waals surface area contributed by atoms with Crippen molar-refractivity contribution in [1.29, 1.82) is 0 Å². The summed E-state index contributed by atoms with van der Waals surface area (Å²) < 4.78 is 27.3. The Balaban J connectivity index is 0.000000463. The maximum atomic E-state index is 13.7. The third kappa shape index (κ3) is 8.22. The molecular weight excluding hydrogens is 497 g/mol. The number of amides is 3. The number of benzene rings is 1. The smallest absolute Gasteiger partial charge is 0.248 e. The van der Waals surface area contributed by atoms with Gasteiger partial charge in [-0.15, -0.1) is 9.24 Å². The van der Waals surface area contributed by atoms with Crippen molar-refractivity contribution in [2.45, 2.75) is 50.4 Å². The fraction of sp³-hybridized carbons (Fsp3) is 0.417. The van der Waals surface area contributed by atoms with Crippen LogP contribution in [-0.4, -0.2) is 48.1 Å². The molecule has 1 saturated heterocycles. The molecule has 1 aromatic heterocycles. The lowest BCUT2D eigenvalue weighted by Crippen LogP contribution is -2.53. The lowest BCUT2D eigenvalue weighted by molar-refractivity contribution is -0.126. The summed E-state index contributed by atoms with van der Waals surface area (Å²) >= 11 is 6.24. The highest BCUT2D eigenvalue weighted by molar-refractivity contribution is 7.15. The molecule has 0 radical (unpaired) electrons. The number of carbonyl (C=O) groups excluding carboxylic acids is 3. The number of alkyl halides is 1. The summed E-state index contributed by atoms with van der Waals surface area (Å²) in [5, 5.41) is 5.70. The van der Waals surface area contributed by atoms with Crippen molar-refractivity contribution >= 4 is 44.8 Å². The lowest BCUT2D eigenvalue weighted by Gasteiger charge is -2.40. The molecule has 35 heavy (non-hydrogen) atoms. The van der Waals surface area contributed by atoms with Gasteiger partial charge in [0.25, 0.3) is 0 Å². The molecule has 2 aliphatic rings. The molecule has 2 fully saturated rings. The monoisotopic (exact) mass is 526 g/mol. The number of carbonyl (C=O) groups is 3. The van der Waals surface area contributed by atoms with E-state index in [9.17, 15) is 23.2 Å². The van der Waals surface area contributed by atoms with E-state index < -0.39 is 23.4 Å². The van der Waals surface area contributed by atoms with E-state index in [0.29, 0.717) is 12.0 Å². The first-order valence-corrected chi connectivity index (χ1v) is 12.7. The molecule has 2 heterocycles. The van der Waals surface area contributed by atoms with Gasteiger partial charge < -0.3 is 10.6 Å². The van der Waals surface area contributed by atoms with Gasteiger partial charge in [-0.2, -0.15) is 0 Å². The zero-order valence-corrected chi connectivity index (χ0v) is 21.6. The number of nitrogens with one attached hydrogen (secondary N) is 2. The van der Waals surface area contributed by atoms with Gasteiger partial charge in [-0.1, -0.05) is 36.5 Å².